The molecule has 0 amide bonds. The Morgan fingerprint density at radius 2 is 0.717 bits per heavy atom. The molecule has 0 bridgehead atoms. The molecule has 10 aromatic carbocycles. The zero-order valence-corrected chi connectivity index (χ0v) is 33.1. The van der Waals surface area contributed by atoms with Crippen LogP contribution in [0.1, 0.15) is 22.3 Å². The third-order valence-electron chi connectivity index (χ3n) is 12.3. The van der Waals surface area contributed by atoms with Gasteiger partial charge in [-0.25, -0.2) is 0 Å². The van der Waals surface area contributed by atoms with Crippen LogP contribution >= 0.6 is 0 Å². The van der Waals surface area contributed by atoms with Crippen molar-refractivity contribution in [3.05, 3.63) is 271 Å². The molecule has 1 aliphatic rings. The van der Waals surface area contributed by atoms with E-state index in [1.807, 2.05) is 0 Å². The number of fused-ring (bicyclic) bond motifs is 5. The van der Waals surface area contributed by atoms with Crippen molar-refractivity contribution in [2.45, 2.75) is 5.41 Å². The number of nitrogens with zero attached hydrogens (tertiary/aromatic N) is 1. The monoisotopic (exact) mass is 763 g/mol. The molecular formula is C59H41N. The molecule has 0 aliphatic heterocycles. The molecule has 0 saturated heterocycles. The van der Waals surface area contributed by atoms with Crippen LogP contribution in [0.2, 0.25) is 0 Å². The Bertz CT molecular complexity index is 2960. The van der Waals surface area contributed by atoms with Crippen LogP contribution in [0, 0.1) is 0 Å². The summed E-state index contributed by atoms with van der Waals surface area (Å²) in [7, 11) is 0. The second kappa shape index (κ2) is 14.9. The number of hydrogen-bond acceptors (Lipinski definition) is 1. The summed E-state index contributed by atoms with van der Waals surface area (Å²) in [4.78, 5) is 2.48. The maximum absolute atomic E-state index is 2.48. The first-order valence-electron chi connectivity index (χ1n) is 20.8. The Hall–Kier alpha value is -7.74. The van der Waals surface area contributed by atoms with Gasteiger partial charge < -0.3 is 4.90 Å². The zero-order valence-electron chi connectivity index (χ0n) is 33.1. The van der Waals surface area contributed by atoms with E-state index in [-0.39, 0.29) is 0 Å². The molecule has 0 saturated carbocycles. The molecule has 1 aliphatic carbocycles. The maximum Gasteiger partial charge on any atom is 0.0720 e. The smallest absolute Gasteiger partial charge is 0.0720 e. The number of rotatable bonds is 8. The van der Waals surface area contributed by atoms with Crippen LogP contribution in [-0.2, 0) is 5.41 Å². The van der Waals surface area contributed by atoms with Gasteiger partial charge in [0.2, 0.25) is 0 Å². The Kier molecular flexibility index (Phi) is 8.79. The molecule has 0 N–H and O–H groups in total. The molecule has 282 valence electrons. The van der Waals surface area contributed by atoms with Crippen LogP contribution < -0.4 is 4.90 Å². The topological polar surface area (TPSA) is 3.24 Å². The van der Waals surface area contributed by atoms with Gasteiger partial charge in [-0.2, -0.15) is 0 Å². The van der Waals surface area contributed by atoms with Crippen molar-refractivity contribution in [3.8, 4) is 44.5 Å². The summed E-state index contributed by atoms with van der Waals surface area (Å²) in [5.41, 5.74) is 17.5. The average molecular weight is 764 g/mol. The highest BCUT2D eigenvalue weighted by Crippen LogP contribution is 2.62. The lowest BCUT2D eigenvalue weighted by Crippen LogP contribution is -2.29. The van der Waals surface area contributed by atoms with E-state index in [1.165, 1.54) is 77.5 Å². The van der Waals surface area contributed by atoms with Gasteiger partial charge in [0, 0.05) is 16.9 Å². The number of anilines is 3. The van der Waals surface area contributed by atoms with Gasteiger partial charge in [0.1, 0.15) is 0 Å². The minimum Gasteiger partial charge on any atom is -0.310 e. The second-order valence-corrected chi connectivity index (χ2v) is 15.6. The lowest BCUT2D eigenvalue weighted by molar-refractivity contribution is 0.775. The van der Waals surface area contributed by atoms with Gasteiger partial charge in [0.15, 0.2) is 0 Å². The SMILES string of the molecule is c1ccc(-c2ccc(N(c3ccc(-c4ccccc4)cc3)c3cc4ccccc4c4c3-c3ccc(-c5ccccc5)cc3C4(c3ccccc3)c3ccccc3)cc2)cc1. The quantitative estimate of drug-likeness (QED) is 0.149. The Morgan fingerprint density at radius 3 is 1.22 bits per heavy atom. The molecule has 0 spiro atoms. The Labute approximate surface area is 352 Å². The zero-order chi connectivity index (χ0) is 39.9. The fraction of sp³-hybridized carbons (Fsp3) is 0.0169. The summed E-state index contributed by atoms with van der Waals surface area (Å²) < 4.78 is 0. The summed E-state index contributed by atoms with van der Waals surface area (Å²) in [6.45, 7) is 0. The predicted octanol–water partition coefficient (Wildman–Crippen LogP) is 15.7. The minimum absolute atomic E-state index is 0.617. The molecule has 1 nitrogen and oxygen atoms in total. The summed E-state index contributed by atoms with van der Waals surface area (Å²) in [6.07, 6.45) is 0. The van der Waals surface area contributed by atoms with Gasteiger partial charge in [0.25, 0.3) is 0 Å². The highest BCUT2D eigenvalue weighted by atomic mass is 15.1. The third-order valence-corrected chi connectivity index (χ3v) is 12.3. The van der Waals surface area contributed by atoms with Crippen molar-refractivity contribution < 1.29 is 0 Å². The molecule has 0 atom stereocenters. The van der Waals surface area contributed by atoms with E-state index in [4.69, 9.17) is 0 Å². The first kappa shape index (κ1) is 35.4. The Balaban J connectivity index is 1.24. The van der Waals surface area contributed by atoms with Gasteiger partial charge in [0.05, 0.1) is 11.1 Å². The molecule has 0 unspecified atom stereocenters. The second-order valence-electron chi connectivity index (χ2n) is 15.6. The van der Waals surface area contributed by atoms with Crippen molar-refractivity contribution in [1.29, 1.82) is 0 Å². The fourth-order valence-corrected chi connectivity index (χ4v) is 9.63. The summed E-state index contributed by atoms with van der Waals surface area (Å²) in [5, 5.41) is 2.45. The van der Waals surface area contributed by atoms with E-state index in [0.29, 0.717) is 0 Å². The molecule has 11 rings (SSSR count). The highest BCUT2D eigenvalue weighted by molar-refractivity contribution is 6.08. The molecular weight excluding hydrogens is 723 g/mol. The average Bonchev–Trinajstić information content (AvgIpc) is 3.65. The number of benzene rings is 10. The van der Waals surface area contributed by atoms with E-state index >= 15 is 0 Å². The molecule has 1 heteroatoms. The molecule has 0 radical (unpaired) electrons. The lowest BCUT2D eigenvalue weighted by Gasteiger charge is -2.35. The molecule has 0 heterocycles. The van der Waals surface area contributed by atoms with E-state index < -0.39 is 5.41 Å². The van der Waals surface area contributed by atoms with Crippen LogP contribution in [0.25, 0.3) is 55.3 Å². The van der Waals surface area contributed by atoms with Crippen LogP contribution in [0.5, 0.6) is 0 Å². The Morgan fingerprint density at radius 1 is 0.317 bits per heavy atom. The van der Waals surface area contributed by atoms with Gasteiger partial charge >= 0.3 is 0 Å². The predicted molar refractivity (Wildman–Crippen MR) is 252 cm³/mol. The van der Waals surface area contributed by atoms with Crippen molar-refractivity contribution in [1.82, 2.24) is 0 Å². The van der Waals surface area contributed by atoms with Crippen molar-refractivity contribution in [3.63, 3.8) is 0 Å². The van der Waals surface area contributed by atoms with Crippen LogP contribution in [0.15, 0.2) is 249 Å². The first-order valence-corrected chi connectivity index (χ1v) is 20.8. The standard InChI is InChI=1S/C59H41N/c1-6-18-42(19-7-1)45-30-35-51(36-31-45)60(52-37-32-46(33-38-52)43-20-8-2-9-21-43)56-41-48-24-16-17-29-53(48)58-57(56)54-39-34-47(44-22-10-3-11-23-44)40-55(54)59(58,49-25-12-4-13-26-49)50-27-14-5-15-28-50/h1-41H. The largest absolute Gasteiger partial charge is 0.310 e. The fourth-order valence-electron chi connectivity index (χ4n) is 9.63. The van der Waals surface area contributed by atoms with E-state index in [1.54, 1.807) is 0 Å². The van der Waals surface area contributed by atoms with Crippen molar-refractivity contribution in [2.75, 3.05) is 4.90 Å². The summed E-state index contributed by atoms with van der Waals surface area (Å²) >= 11 is 0. The van der Waals surface area contributed by atoms with Gasteiger partial charge in [-0.05, 0) is 108 Å². The normalized spacial score (nSPS) is 12.5. The van der Waals surface area contributed by atoms with E-state index in [0.717, 1.165) is 17.1 Å². The maximum atomic E-state index is 2.48. The minimum atomic E-state index is -0.617. The van der Waals surface area contributed by atoms with Crippen molar-refractivity contribution >= 4 is 27.8 Å². The highest BCUT2D eigenvalue weighted by Gasteiger charge is 2.49. The molecule has 0 fully saturated rings. The van der Waals surface area contributed by atoms with Crippen LogP contribution in [0.3, 0.4) is 0 Å². The summed E-state index contributed by atoms with van der Waals surface area (Å²) in [6, 6.07) is 91.2. The van der Waals surface area contributed by atoms with Gasteiger partial charge in [-0.1, -0.05) is 212 Å². The molecule has 10 aromatic rings. The third kappa shape index (κ3) is 5.86. The molecule has 60 heavy (non-hydrogen) atoms. The lowest BCUT2D eigenvalue weighted by atomic mass is 9.66. The van der Waals surface area contributed by atoms with Gasteiger partial charge in [-0.15, -0.1) is 0 Å². The van der Waals surface area contributed by atoms with Crippen molar-refractivity contribution in [2.24, 2.45) is 0 Å². The first-order chi connectivity index (χ1) is 29.8. The van der Waals surface area contributed by atoms with E-state index in [2.05, 4.69) is 254 Å². The van der Waals surface area contributed by atoms with Gasteiger partial charge in [-0.3, -0.25) is 0 Å². The summed E-state index contributed by atoms with van der Waals surface area (Å²) in [5.74, 6) is 0. The van der Waals surface area contributed by atoms with Crippen LogP contribution in [-0.4, -0.2) is 0 Å². The molecule has 0 aromatic heterocycles. The number of hydrogen-bond donors (Lipinski definition) is 0. The van der Waals surface area contributed by atoms with E-state index in [9.17, 15) is 0 Å². The van der Waals surface area contributed by atoms with Crippen LogP contribution in [0.4, 0.5) is 17.1 Å².